The van der Waals surface area contributed by atoms with Crippen LogP contribution in [0.1, 0.15) is 66.2 Å². The highest BCUT2D eigenvalue weighted by molar-refractivity contribution is 5.95. The summed E-state index contributed by atoms with van der Waals surface area (Å²) in [4.78, 5) is 75.1. The summed E-state index contributed by atoms with van der Waals surface area (Å²) in [7, 11) is 0. The molecule has 224 valence electrons. The van der Waals surface area contributed by atoms with Gasteiger partial charge in [-0.15, -0.1) is 0 Å². The molecule has 14 heteroatoms. The number of hydrogen-bond donors (Lipinski definition) is 6. The molecule has 0 aromatic rings. The highest BCUT2D eigenvalue weighted by Crippen LogP contribution is 2.22. The van der Waals surface area contributed by atoms with Crippen molar-refractivity contribution in [3.63, 3.8) is 0 Å². The maximum Gasteiger partial charge on any atom is 0.303 e. The summed E-state index contributed by atoms with van der Waals surface area (Å²) >= 11 is 0. The molecule has 0 aromatic heterocycles. The molecule has 0 aromatic carbocycles. The zero-order valence-corrected chi connectivity index (χ0v) is 23.4. The third-order valence-corrected chi connectivity index (χ3v) is 6.72. The minimum absolute atomic E-state index is 0.00990. The number of likely N-dealkylation sites (tertiary alicyclic amines) is 1. The van der Waals surface area contributed by atoms with E-state index in [1.54, 1.807) is 13.8 Å². The molecule has 14 nitrogen and oxygen atoms in total. The molecule has 1 saturated heterocycles. The first-order chi connectivity index (χ1) is 18.8. The van der Waals surface area contributed by atoms with Crippen LogP contribution in [-0.4, -0.2) is 94.0 Å². The number of aliphatic hydroxyl groups excluding tert-OH is 1. The van der Waals surface area contributed by atoms with Gasteiger partial charge in [0.2, 0.25) is 29.5 Å². The fourth-order valence-electron chi connectivity index (χ4n) is 4.64. The van der Waals surface area contributed by atoms with Gasteiger partial charge in [-0.25, -0.2) is 0 Å². The topological polar surface area (TPSA) is 203 Å². The molecule has 5 atom stereocenters. The number of hydrogen-bond acceptors (Lipinski definition) is 8. The molecule has 2 aliphatic rings. The lowest BCUT2D eigenvalue weighted by Gasteiger charge is -2.30. The number of carbonyl (C=O) groups is 6. The summed E-state index contributed by atoms with van der Waals surface area (Å²) in [5, 5.41) is 29.2. The maximum absolute atomic E-state index is 13.2. The molecule has 0 bridgehead atoms. The number of carbonyl (C=O) groups excluding carboxylic acids is 5. The third kappa shape index (κ3) is 9.72. The SMILES string of the molecule is CC(C)CC(NC(=O)C(C)N1C(=O)C(NC(=O)CCNC(=O)CCC(=O)O)CC1C)C(=O)NC1CCOC=C1O. The Morgan fingerprint density at radius 3 is 2.35 bits per heavy atom. The Morgan fingerprint density at radius 2 is 1.73 bits per heavy atom. The second kappa shape index (κ2) is 15.1. The van der Waals surface area contributed by atoms with Gasteiger partial charge in [-0.3, -0.25) is 28.8 Å². The molecule has 6 N–H and O–H groups in total. The van der Waals surface area contributed by atoms with Crippen molar-refractivity contribution in [3.8, 4) is 0 Å². The quantitative estimate of drug-likeness (QED) is 0.163. The van der Waals surface area contributed by atoms with Gasteiger partial charge in [-0.05, 0) is 32.6 Å². The van der Waals surface area contributed by atoms with Crippen LogP contribution < -0.4 is 21.3 Å². The average Bonchev–Trinajstić information content (AvgIpc) is 3.14. The number of rotatable bonds is 14. The average molecular weight is 568 g/mol. The van der Waals surface area contributed by atoms with Crippen LogP contribution in [0.4, 0.5) is 0 Å². The zero-order valence-electron chi connectivity index (χ0n) is 23.4. The lowest BCUT2D eigenvalue weighted by atomic mass is 10.0. The number of nitrogens with one attached hydrogen (secondary N) is 4. The molecule has 2 rings (SSSR count). The number of carboxylic acid groups (broad SMARTS) is 1. The van der Waals surface area contributed by atoms with Crippen molar-refractivity contribution < 1.29 is 43.7 Å². The fraction of sp³-hybridized carbons (Fsp3) is 0.692. The van der Waals surface area contributed by atoms with Crippen molar-refractivity contribution >= 4 is 35.5 Å². The minimum Gasteiger partial charge on any atom is -0.507 e. The lowest BCUT2D eigenvalue weighted by molar-refractivity contribution is -0.141. The minimum atomic E-state index is -1.10. The Balaban J connectivity index is 1.92. The van der Waals surface area contributed by atoms with E-state index in [1.807, 2.05) is 13.8 Å². The summed E-state index contributed by atoms with van der Waals surface area (Å²) in [6, 6.07) is -3.64. The molecule has 1 fully saturated rings. The molecule has 5 amide bonds. The van der Waals surface area contributed by atoms with E-state index in [2.05, 4.69) is 21.3 Å². The van der Waals surface area contributed by atoms with Crippen LogP contribution in [0.15, 0.2) is 12.0 Å². The molecule has 5 unspecified atom stereocenters. The van der Waals surface area contributed by atoms with E-state index in [0.29, 0.717) is 19.4 Å². The van der Waals surface area contributed by atoms with Gasteiger partial charge in [0.1, 0.15) is 30.1 Å². The van der Waals surface area contributed by atoms with Crippen LogP contribution >= 0.6 is 0 Å². The first kappa shape index (κ1) is 32.4. The lowest BCUT2D eigenvalue weighted by Crippen LogP contribution is -2.56. The predicted octanol–water partition coefficient (Wildman–Crippen LogP) is -0.313. The molecular weight excluding hydrogens is 526 g/mol. The Kier molecular flexibility index (Phi) is 12.2. The number of aliphatic carboxylic acids is 1. The highest BCUT2D eigenvalue weighted by Gasteiger charge is 2.42. The van der Waals surface area contributed by atoms with Crippen molar-refractivity contribution in [1.29, 1.82) is 0 Å². The van der Waals surface area contributed by atoms with Gasteiger partial charge in [0.05, 0.1) is 19.1 Å². The Bertz CT molecular complexity index is 999. The number of nitrogens with zero attached hydrogens (tertiary/aromatic N) is 1. The van der Waals surface area contributed by atoms with Gasteiger partial charge in [0.15, 0.2) is 0 Å². The van der Waals surface area contributed by atoms with Gasteiger partial charge in [-0.2, -0.15) is 0 Å². The Morgan fingerprint density at radius 1 is 1.02 bits per heavy atom. The summed E-state index contributed by atoms with van der Waals surface area (Å²) in [6.07, 6.45) is 1.58. The molecular formula is C26H41N5O9. The van der Waals surface area contributed by atoms with Crippen LogP contribution in [0.2, 0.25) is 0 Å². The second-order valence-corrected chi connectivity index (χ2v) is 10.6. The van der Waals surface area contributed by atoms with Crippen molar-refractivity contribution in [1.82, 2.24) is 26.2 Å². The number of aliphatic hydroxyl groups is 1. The molecule has 0 radical (unpaired) electrons. The molecule has 40 heavy (non-hydrogen) atoms. The van der Waals surface area contributed by atoms with Crippen LogP contribution in [0, 0.1) is 5.92 Å². The van der Waals surface area contributed by atoms with Crippen LogP contribution in [-0.2, 0) is 33.5 Å². The molecule has 2 aliphatic heterocycles. The summed E-state index contributed by atoms with van der Waals surface area (Å²) in [5.74, 6) is -3.51. The van der Waals surface area contributed by atoms with Crippen molar-refractivity contribution in [2.75, 3.05) is 13.2 Å². The fourth-order valence-corrected chi connectivity index (χ4v) is 4.64. The van der Waals surface area contributed by atoms with E-state index in [-0.39, 0.29) is 49.9 Å². The Hall–Kier alpha value is -3.84. The predicted molar refractivity (Wildman–Crippen MR) is 141 cm³/mol. The second-order valence-electron chi connectivity index (χ2n) is 10.6. The molecule has 0 spiro atoms. The van der Waals surface area contributed by atoms with E-state index in [0.717, 1.165) is 0 Å². The highest BCUT2D eigenvalue weighted by atomic mass is 16.5. The zero-order chi connectivity index (χ0) is 30.0. The van der Waals surface area contributed by atoms with Gasteiger partial charge in [0, 0.05) is 31.8 Å². The van der Waals surface area contributed by atoms with Gasteiger partial charge in [-0.1, -0.05) is 13.8 Å². The van der Waals surface area contributed by atoms with E-state index < -0.39 is 59.7 Å². The van der Waals surface area contributed by atoms with E-state index >= 15 is 0 Å². The van der Waals surface area contributed by atoms with E-state index in [1.165, 1.54) is 11.2 Å². The van der Waals surface area contributed by atoms with Crippen molar-refractivity contribution in [2.45, 2.75) is 96.4 Å². The first-order valence-corrected chi connectivity index (χ1v) is 13.5. The van der Waals surface area contributed by atoms with E-state index in [9.17, 15) is 33.9 Å². The van der Waals surface area contributed by atoms with Gasteiger partial charge >= 0.3 is 5.97 Å². The monoisotopic (exact) mass is 567 g/mol. The largest absolute Gasteiger partial charge is 0.507 e. The normalized spacial score (nSPS) is 22.0. The molecule has 0 saturated carbocycles. The van der Waals surface area contributed by atoms with Crippen LogP contribution in [0.25, 0.3) is 0 Å². The van der Waals surface area contributed by atoms with Crippen molar-refractivity contribution in [2.24, 2.45) is 5.92 Å². The van der Waals surface area contributed by atoms with E-state index in [4.69, 9.17) is 9.84 Å². The van der Waals surface area contributed by atoms with Crippen molar-refractivity contribution in [3.05, 3.63) is 12.0 Å². The number of carboxylic acids is 1. The summed E-state index contributed by atoms with van der Waals surface area (Å²) in [6.45, 7) is 7.45. The Labute approximate surface area is 233 Å². The summed E-state index contributed by atoms with van der Waals surface area (Å²) in [5.41, 5.74) is 0. The molecule has 2 heterocycles. The summed E-state index contributed by atoms with van der Waals surface area (Å²) < 4.78 is 5.04. The number of ether oxygens (including phenoxy) is 1. The maximum atomic E-state index is 13.2. The number of amides is 5. The van der Waals surface area contributed by atoms with Crippen LogP contribution in [0.3, 0.4) is 0 Å². The first-order valence-electron chi connectivity index (χ1n) is 13.5. The third-order valence-electron chi connectivity index (χ3n) is 6.72. The standard InChI is InChI=1S/C26H41N5O9/c1-14(2)11-18(25(38)29-17-8-10-40-13-20(17)32)30-24(37)16(4)31-15(3)12-19(26(31)39)28-22(34)7-9-27-21(33)5-6-23(35)36/h13-19,32H,5-12H2,1-4H3,(H,27,33)(H,28,34)(H,29,38)(H,30,37)(H,35,36). The smallest absolute Gasteiger partial charge is 0.303 e. The van der Waals surface area contributed by atoms with Gasteiger partial charge < -0.3 is 41.1 Å². The van der Waals surface area contributed by atoms with Gasteiger partial charge in [0.25, 0.3) is 0 Å². The van der Waals surface area contributed by atoms with Crippen LogP contribution in [0.5, 0.6) is 0 Å². The molecule has 0 aliphatic carbocycles.